The quantitative estimate of drug-likeness (QED) is 0.341. The standard InChI is InChI=1S/C25H24N2O4S/c1-5-8-18-14-17(15-21(30-7-3)23(18)31-13-6-2)16-22-24(28)27-25(32-22)26-19-9-11-20(29-4)12-10-19/h2,5,9-12,14-16H,1,7-8,13H2,3-4H3,(H,26,27,28)/b22-16+. The summed E-state index contributed by atoms with van der Waals surface area (Å²) in [5.41, 5.74) is 2.40. The minimum atomic E-state index is -0.210. The van der Waals surface area contributed by atoms with Crippen LogP contribution in [0.25, 0.3) is 6.08 Å². The molecule has 2 aromatic carbocycles. The van der Waals surface area contributed by atoms with Crippen LogP contribution in [0.2, 0.25) is 0 Å². The monoisotopic (exact) mass is 448 g/mol. The van der Waals surface area contributed by atoms with Crippen molar-refractivity contribution in [2.24, 2.45) is 4.99 Å². The van der Waals surface area contributed by atoms with E-state index in [-0.39, 0.29) is 12.5 Å². The van der Waals surface area contributed by atoms with E-state index in [0.717, 1.165) is 22.6 Å². The molecule has 0 atom stereocenters. The SMILES string of the molecule is C#CCOc1c(CC=C)cc(/C=C2/SC(=Nc3ccc(OC)cc3)NC2=O)cc1OCC. The Morgan fingerprint density at radius 3 is 2.69 bits per heavy atom. The minimum absolute atomic E-state index is 0.133. The summed E-state index contributed by atoms with van der Waals surface area (Å²) in [6, 6.07) is 11.1. The number of amidine groups is 1. The second-order valence-electron chi connectivity index (χ2n) is 6.61. The van der Waals surface area contributed by atoms with Crippen molar-refractivity contribution in [2.75, 3.05) is 20.3 Å². The number of ether oxygens (including phenoxy) is 3. The molecule has 0 bridgehead atoms. The maximum atomic E-state index is 12.5. The van der Waals surface area contributed by atoms with Crippen molar-refractivity contribution < 1.29 is 19.0 Å². The second-order valence-corrected chi connectivity index (χ2v) is 7.64. The molecule has 7 heteroatoms. The van der Waals surface area contributed by atoms with E-state index >= 15 is 0 Å². The van der Waals surface area contributed by atoms with E-state index in [1.54, 1.807) is 19.3 Å². The molecule has 1 aliphatic heterocycles. The number of hydrogen-bond donors (Lipinski definition) is 1. The van der Waals surface area contributed by atoms with Crippen LogP contribution in [-0.4, -0.2) is 31.4 Å². The molecule has 0 aliphatic carbocycles. The van der Waals surface area contributed by atoms with Crippen LogP contribution in [0.5, 0.6) is 17.2 Å². The van der Waals surface area contributed by atoms with Gasteiger partial charge < -0.3 is 19.5 Å². The number of nitrogens with zero attached hydrogens (tertiary/aromatic N) is 1. The predicted molar refractivity (Wildman–Crippen MR) is 130 cm³/mol. The second kappa shape index (κ2) is 11.1. The zero-order valence-corrected chi connectivity index (χ0v) is 18.8. The summed E-state index contributed by atoms with van der Waals surface area (Å²) >= 11 is 1.28. The van der Waals surface area contributed by atoms with Gasteiger partial charge in [-0.05, 0) is 73.1 Å². The summed E-state index contributed by atoms with van der Waals surface area (Å²) in [4.78, 5) is 17.5. The Labute approximate surface area is 192 Å². The van der Waals surface area contributed by atoms with Gasteiger partial charge in [0.05, 0.1) is 24.3 Å². The molecular formula is C25H24N2O4S. The molecule has 1 aliphatic rings. The lowest BCUT2D eigenvalue weighted by Gasteiger charge is -2.15. The average molecular weight is 449 g/mol. The molecule has 32 heavy (non-hydrogen) atoms. The third-order valence-electron chi connectivity index (χ3n) is 4.37. The van der Waals surface area contributed by atoms with Crippen molar-refractivity contribution in [3.63, 3.8) is 0 Å². The van der Waals surface area contributed by atoms with Gasteiger partial charge in [-0.15, -0.1) is 13.0 Å². The van der Waals surface area contributed by atoms with Crippen LogP contribution in [0.3, 0.4) is 0 Å². The maximum absolute atomic E-state index is 12.5. The highest BCUT2D eigenvalue weighted by molar-refractivity contribution is 8.18. The zero-order valence-electron chi connectivity index (χ0n) is 18.0. The Balaban J connectivity index is 1.90. The van der Waals surface area contributed by atoms with Crippen LogP contribution in [0, 0.1) is 12.3 Å². The van der Waals surface area contributed by atoms with Gasteiger partial charge in [-0.1, -0.05) is 12.0 Å². The first-order chi connectivity index (χ1) is 15.6. The number of aliphatic imine (C=N–C) groups is 1. The summed E-state index contributed by atoms with van der Waals surface area (Å²) in [6.07, 6.45) is 9.50. The van der Waals surface area contributed by atoms with E-state index in [9.17, 15) is 4.79 Å². The molecule has 0 saturated carbocycles. The number of carbonyl (C=O) groups is 1. The van der Waals surface area contributed by atoms with Crippen molar-refractivity contribution in [1.29, 1.82) is 0 Å². The summed E-state index contributed by atoms with van der Waals surface area (Å²) < 4.78 is 16.7. The van der Waals surface area contributed by atoms with Gasteiger partial charge in [-0.2, -0.15) is 0 Å². The topological polar surface area (TPSA) is 69.2 Å². The zero-order chi connectivity index (χ0) is 22.9. The average Bonchev–Trinajstić information content (AvgIpc) is 3.12. The summed E-state index contributed by atoms with van der Waals surface area (Å²) in [7, 11) is 1.61. The van der Waals surface area contributed by atoms with Crippen LogP contribution in [0.4, 0.5) is 5.69 Å². The van der Waals surface area contributed by atoms with Gasteiger partial charge in [0.25, 0.3) is 5.91 Å². The maximum Gasteiger partial charge on any atom is 0.264 e. The smallest absolute Gasteiger partial charge is 0.264 e. The molecule has 6 nitrogen and oxygen atoms in total. The van der Waals surface area contributed by atoms with Crippen molar-refractivity contribution in [2.45, 2.75) is 13.3 Å². The van der Waals surface area contributed by atoms with Crippen LogP contribution in [0.15, 0.2) is 59.0 Å². The molecule has 164 valence electrons. The van der Waals surface area contributed by atoms with Crippen LogP contribution < -0.4 is 19.5 Å². The van der Waals surface area contributed by atoms with Crippen LogP contribution >= 0.6 is 11.8 Å². The number of carbonyl (C=O) groups excluding carboxylic acids is 1. The lowest BCUT2D eigenvalue weighted by atomic mass is 10.0. The molecule has 0 aromatic heterocycles. The van der Waals surface area contributed by atoms with Crippen LogP contribution in [0.1, 0.15) is 18.1 Å². The molecule has 2 aromatic rings. The fourth-order valence-electron chi connectivity index (χ4n) is 3.02. The van der Waals surface area contributed by atoms with Crippen molar-refractivity contribution in [3.05, 3.63) is 65.1 Å². The van der Waals surface area contributed by atoms with Gasteiger partial charge in [0.15, 0.2) is 16.7 Å². The first-order valence-corrected chi connectivity index (χ1v) is 10.8. The molecule has 1 fully saturated rings. The summed E-state index contributed by atoms with van der Waals surface area (Å²) in [6.45, 7) is 6.31. The Morgan fingerprint density at radius 1 is 1.25 bits per heavy atom. The third kappa shape index (κ3) is 5.74. The fourth-order valence-corrected chi connectivity index (χ4v) is 3.86. The largest absolute Gasteiger partial charge is 0.497 e. The first-order valence-electron chi connectivity index (χ1n) is 9.98. The number of thioether (sulfide) groups is 1. The number of methoxy groups -OCH3 is 1. The lowest BCUT2D eigenvalue weighted by molar-refractivity contribution is -0.115. The van der Waals surface area contributed by atoms with E-state index in [2.05, 4.69) is 22.8 Å². The van der Waals surface area contributed by atoms with E-state index in [1.165, 1.54) is 11.8 Å². The Kier molecular flexibility index (Phi) is 8.01. The van der Waals surface area contributed by atoms with Gasteiger partial charge in [-0.25, -0.2) is 4.99 Å². The summed E-state index contributed by atoms with van der Waals surface area (Å²) in [5.74, 6) is 4.17. The lowest BCUT2D eigenvalue weighted by Crippen LogP contribution is -2.19. The number of nitrogens with one attached hydrogen (secondary N) is 1. The molecule has 0 unspecified atom stereocenters. The van der Waals surface area contributed by atoms with E-state index < -0.39 is 0 Å². The third-order valence-corrected chi connectivity index (χ3v) is 5.28. The van der Waals surface area contributed by atoms with Gasteiger partial charge in [0, 0.05) is 5.56 Å². The van der Waals surface area contributed by atoms with Crippen molar-refractivity contribution in [3.8, 4) is 29.6 Å². The Morgan fingerprint density at radius 2 is 2.03 bits per heavy atom. The number of rotatable bonds is 9. The highest BCUT2D eigenvalue weighted by Gasteiger charge is 2.24. The van der Waals surface area contributed by atoms with E-state index in [0.29, 0.717) is 34.6 Å². The summed E-state index contributed by atoms with van der Waals surface area (Å²) in [5, 5.41) is 3.31. The predicted octanol–water partition coefficient (Wildman–Crippen LogP) is 4.73. The number of allylic oxidation sites excluding steroid dienone is 1. The molecule has 1 N–H and O–H groups in total. The van der Waals surface area contributed by atoms with Gasteiger partial charge in [-0.3, -0.25) is 4.79 Å². The van der Waals surface area contributed by atoms with E-state index in [4.69, 9.17) is 20.6 Å². The molecular weight excluding hydrogens is 424 g/mol. The van der Waals surface area contributed by atoms with Crippen molar-refractivity contribution >= 4 is 34.6 Å². The number of benzene rings is 2. The minimum Gasteiger partial charge on any atom is -0.497 e. The number of amides is 1. The highest BCUT2D eigenvalue weighted by Crippen LogP contribution is 2.36. The Hall–Kier alpha value is -3.63. The highest BCUT2D eigenvalue weighted by atomic mass is 32.2. The molecule has 0 spiro atoms. The van der Waals surface area contributed by atoms with Gasteiger partial charge >= 0.3 is 0 Å². The Bertz CT molecular complexity index is 1100. The number of hydrogen-bond acceptors (Lipinski definition) is 6. The first kappa shape index (κ1) is 23.0. The number of terminal acetylenes is 1. The fraction of sp³-hybridized carbons (Fsp3) is 0.200. The van der Waals surface area contributed by atoms with Gasteiger partial charge in [0.1, 0.15) is 12.4 Å². The molecule has 0 radical (unpaired) electrons. The van der Waals surface area contributed by atoms with E-state index in [1.807, 2.05) is 43.3 Å². The van der Waals surface area contributed by atoms with Crippen LogP contribution in [-0.2, 0) is 11.2 Å². The van der Waals surface area contributed by atoms with Gasteiger partial charge in [0.2, 0.25) is 0 Å². The normalized spacial score (nSPS) is 15.3. The molecule has 1 amide bonds. The van der Waals surface area contributed by atoms with Crippen molar-refractivity contribution in [1.82, 2.24) is 5.32 Å². The molecule has 3 rings (SSSR count). The molecule has 1 saturated heterocycles. The molecule has 1 heterocycles.